The molecule has 2 aromatic rings. The Labute approximate surface area is 157 Å². The topological polar surface area (TPSA) is 98.5 Å². The zero-order valence-corrected chi connectivity index (χ0v) is 14.3. The summed E-state index contributed by atoms with van der Waals surface area (Å²) in [6, 6.07) is 10.4. The fourth-order valence-electron chi connectivity index (χ4n) is 2.16. The van der Waals surface area contributed by atoms with Gasteiger partial charge in [-0.2, -0.15) is 13.2 Å². The molecule has 9 heteroatoms. The van der Waals surface area contributed by atoms with Crippen molar-refractivity contribution in [2.75, 3.05) is 11.9 Å². The normalized spacial score (nSPS) is 11.2. The Morgan fingerprint density at radius 2 is 1.79 bits per heavy atom. The maximum Gasteiger partial charge on any atom is 0.416 e. The standard InChI is InChI=1S/C19H15F3N2O4/c20-19(21,22)13-5-3-4-12(10-13)8-9-17(26)28-11-16(25)24-15-7-2-1-6-14(15)18(23)27/h1-10H,11H2,(H2,23,27)(H,24,25)/b9-8+. The zero-order valence-electron chi connectivity index (χ0n) is 14.3. The maximum absolute atomic E-state index is 12.6. The van der Waals surface area contributed by atoms with Gasteiger partial charge in [-0.05, 0) is 35.9 Å². The Bertz CT molecular complexity index is 923. The number of primary amides is 1. The highest BCUT2D eigenvalue weighted by molar-refractivity contribution is 6.03. The second kappa shape index (κ2) is 8.85. The van der Waals surface area contributed by atoms with E-state index in [9.17, 15) is 27.6 Å². The molecular formula is C19H15F3N2O4. The van der Waals surface area contributed by atoms with Gasteiger partial charge < -0.3 is 15.8 Å². The summed E-state index contributed by atoms with van der Waals surface area (Å²) >= 11 is 0. The lowest BCUT2D eigenvalue weighted by atomic mass is 10.1. The van der Waals surface area contributed by atoms with E-state index in [0.29, 0.717) is 0 Å². The molecule has 0 spiro atoms. The number of rotatable bonds is 6. The average molecular weight is 392 g/mol. The number of alkyl halides is 3. The van der Waals surface area contributed by atoms with E-state index in [1.54, 1.807) is 12.1 Å². The number of para-hydroxylation sites is 1. The Hall–Kier alpha value is -3.62. The molecule has 3 N–H and O–H groups in total. The van der Waals surface area contributed by atoms with Crippen LogP contribution in [0.3, 0.4) is 0 Å². The summed E-state index contributed by atoms with van der Waals surface area (Å²) in [6.07, 6.45) is -2.46. The highest BCUT2D eigenvalue weighted by Gasteiger charge is 2.30. The van der Waals surface area contributed by atoms with Crippen LogP contribution in [-0.2, 0) is 20.5 Å². The number of nitrogens with two attached hydrogens (primary N) is 1. The highest BCUT2D eigenvalue weighted by Crippen LogP contribution is 2.29. The highest BCUT2D eigenvalue weighted by atomic mass is 19.4. The molecule has 0 aliphatic heterocycles. The second-order valence-corrected chi connectivity index (χ2v) is 5.52. The predicted octanol–water partition coefficient (Wildman–Crippen LogP) is 3.00. The van der Waals surface area contributed by atoms with Crippen molar-refractivity contribution in [1.29, 1.82) is 0 Å². The lowest BCUT2D eigenvalue weighted by Gasteiger charge is -2.08. The Kier molecular flexibility index (Phi) is 6.54. The van der Waals surface area contributed by atoms with Crippen molar-refractivity contribution in [3.63, 3.8) is 0 Å². The summed E-state index contributed by atoms with van der Waals surface area (Å²) in [5, 5.41) is 2.38. The van der Waals surface area contributed by atoms with E-state index in [1.165, 1.54) is 24.3 Å². The number of esters is 1. The first-order valence-corrected chi connectivity index (χ1v) is 7.87. The quantitative estimate of drug-likeness (QED) is 0.583. The van der Waals surface area contributed by atoms with Gasteiger partial charge in [0.25, 0.3) is 11.8 Å². The maximum atomic E-state index is 12.6. The van der Waals surface area contributed by atoms with Gasteiger partial charge in [-0.1, -0.05) is 24.3 Å². The molecule has 0 atom stereocenters. The minimum absolute atomic E-state index is 0.0895. The van der Waals surface area contributed by atoms with Gasteiger partial charge in [0, 0.05) is 6.08 Å². The van der Waals surface area contributed by atoms with Crippen LogP contribution >= 0.6 is 0 Å². The number of benzene rings is 2. The molecule has 0 aromatic heterocycles. The molecule has 2 amide bonds. The number of carbonyl (C=O) groups is 3. The van der Waals surface area contributed by atoms with Crippen molar-refractivity contribution in [3.05, 3.63) is 71.3 Å². The zero-order chi connectivity index (χ0) is 20.7. The van der Waals surface area contributed by atoms with Crippen LogP contribution in [0.4, 0.5) is 18.9 Å². The van der Waals surface area contributed by atoms with Crippen molar-refractivity contribution >= 4 is 29.5 Å². The van der Waals surface area contributed by atoms with E-state index < -0.39 is 36.1 Å². The number of hydrogen-bond acceptors (Lipinski definition) is 4. The molecule has 0 unspecified atom stereocenters. The number of anilines is 1. The first kappa shape index (κ1) is 20.7. The lowest BCUT2D eigenvalue weighted by molar-refractivity contribution is -0.142. The fourth-order valence-corrected chi connectivity index (χ4v) is 2.16. The molecular weight excluding hydrogens is 377 g/mol. The molecule has 0 saturated heterocycles. The summed E-state index contributed by atoms with van der Waals surface area (Å²) < 4.78 is 42.7. The van der Waals surface area contributed by atoms with Crippen LogP contribution in [0.2, 0.25) is 0 Å². The summed E-state index contributed by atoms with van der Waals surface area (Å²) in [7, 11) is 0. The van der Waals surface area contributed by atoms with Crippen LogP contribution in [0, 0.1) is 0 Å². The largest absolute Gasteiger partial charge is 0.452 e. The third-order valence-electron chi connectivity index (χ3n) is 3.44. The number of amides is 2. The Morgan fingerprint density at radius 1 is 1.07 bits per heavy atom. The van der Waals surface area contributed by atoms with Gasteiger partial charge >= 0.3 is 12.1 Å². The van der Waals surface area contributed by atoms with Gasteiger partial charge in [0.1, 0.15) is 0 Å². The third-order valence-corrected chi connectivity index (χ3v) is 3.44. The van der Waals surface area contributed by atoms with E-state index in [2.05, 4.69) is 5.32 Å². The second-order valence-electron chi connectivity index (χ2n) is 5.52. The van der Waals surface area contributed by atoms with E-state index in [4.69, 9.17) is 10.5 Å². The molecule has 6 nitrogen and oxygen atoms in total. The van der Waals surface area contributed by atoms with E-state index in [0.717, 1.165) is 24.3 Å². The lowest BCUT2D eigenvalue weighted by Crippen LogP contribution is -2.22. The number of ether oxygens (including phenoxy) is 1. The van der Waals surface area contributed by atoms with E-state index in [-0.39, 0.29) is 16.8 Å². The van der Waals surface area contributed by atoms with Crippen molar-refractivity contribution in [3.8, 4) is 0 Å². The van der Waals surface area contributed by atoms with Crippen LogP contribution in [0.25, 0.3) is 6.08 Å². The molecule has 2 rings (SSSR count). The molecule has 0 aliphatic rings. The van der Waals surface area contributed by atoms with Crippen LogP contribution < -0.4 is 11.1 Å². The molecule has 2 aromatic carbocycles. The molecule has 0 bridgehead atoms. The first-order chi connectivity index (χ1) is 13.2. The summed E-state index contributed by atoms with van der Waals surface area (Å²) in [5.74, 6) is -2.37. The van der Waals surface area contributed by atoms with Crippen LogP contribution in [-0.4, -0.2) is 24.4 Å². The smallest absolute Gasteiger partial charge is 0.416 e. The fraction of sp³-hybridized carbons (Fsp3) is 0.105. The number of nitrogens with one attached hydrogen (secondary N) is 1. The average Bonchev–Trinajstić information content (AvgIpc) is 2.64. The monoisotopic (exact) mass is 392 g/mol. The summed E-state index contributed by atoms with van der Waals surface area (Å²) in [6.45, 7) is -0.654. The van der Waals surface area contributed by atoms with Crippen molar-refractivity contribution in [1.82, 2.24) is 0 Å². The summed E-state index contributed by atoms with van der Waals surface area (Å²) in [4.78, 5) is 34.8. The SMILES string of the molecule is NC(=O)c1ccccc1NC(=O)COC(=O)/C=C/c1cccc(C(F)(F)F)c1. The number of halogens is 3. The molecule has 0 fully saturated rings. The predicted molar refractivity (Wildman–Crippen MR) is 95.0 cm³/mol. The van der Waals surface area contributed by atoms with Crippen molar-refractivity contribution < 1.29 is 32.3 Å². The number of hydrogen-bond donors (Lipinski definition) is 2. The van der Waals surface area contributed by atoms with Gasteiger partial charge in [0.05, 0.1) is 16.8 Å². The van der Waals surface area contributed by atoms with Crippen molar-refractivity contribution in [2.45, 2.75) is 6.18 Å². The Balaban J connectivity index is 1.91. The van der Waals surface area contributed by atoms with Gasteiger partial charge in [-0.15, -0.1) is 0 Å². The molecule has 0 aliphatic carbocycles. The van der Waals surface area contributed by atoms with Crippen LogP contribution in [0.5, 0.6) is 0 Å². The van der Waals surface area contributed by atoms with Gasteiger partial charge in [0.15, 0.2) is 6.61 Å². The molecule has 0 heterocycles. The Morgan fingerprint density at radius 3 is 2.46 bits per heavy atom. The van der Waals surface area contributed by atoms with Crippen LogP contribution in [0.1, 0.15) is 21.5 Å². The van der Waals surface area contributed by atoms with Crippen molar-refractivity contribution in [2.24, 2.45) is 5.73 Å². The van der Waals surface area contributed by atoms with E-state index in [1.807, 2.05) is 0 Å². The van der Waals surface area contributed by atoms with Gasteiger partial charge in [-0.25, -0.2) is 4.79 Å². The summed E-state index contributed by atoms with van der Waals surface area (Å²) in [5.41, 5.74) is 4.74. The molecule has 0 radical (unpaired) electrons. The first-order valence-electron chi connectivity index (χ1n) is 7.87. The van der Waals surface area contributed by atoms with E-state index >= 15 is 0 Å². The van der Waals surface area contributed by atoms with Gasteiger partial charge in [0.2, 0.25) is 0 Å². The van der Waals surface area contributed by atoms with Crippen LogP contribution in [0.15, 0.2) is 54.6 Å². The van der Waals surface area contributed by atoms with Gasteiger partial charge in [-0.3, -0.25) is 9.59 Å². The molecule has 28 heavy (non-hydrogen) atoms. The minimum Gasteiger partial charge on any atom is -0.452 e. The third kappa shape index (κ3) is 5.97. The molecule has 0 saturated carbocycles. The molecule has 146 valence electrons. The minimum atomic E-state index is -4.50. The number of carbonyl (C=O) groups excluding carboxylic acids is 3.